The quantitative estimate of drug-likeness (QED) is 0.911. The summed E-state index contributed by atoms with van der Waals surface area (Å²) in [6, 6.07) is 2.18. The lowest BCUT2D eigenvalue weighted by atomic mass is 9.97. The summed E-state index contributed by atoms with van der Waals surface area (Å²) in [7, 11) is 0. The fraction of sp³-hybridized carbons (Fsp3) is 0.750. The van der Waals surface area contributed by atoms with E-state index in [1.807, 2.05) is 32.6 Å². The van der Waals surface area contributed by atoms with Crippen LogP contribution in [0.25, 0.3) is 0 Å². The minimum atomic E-state index is -0.169. The van der Waals surface area contributed by atoms with Gasteiger partial charge in [-0.25, -0.2) is 4.79 Å². The predicted octanol–water partition coefficient (Wildman–Crippen LogP) is 2.72. The Bertz CT molecular complexity index is 493. The SMILES string of the molecule is Cc1cc(C)n(CC2CCN(C(=O)NC(C)(C)C)CC2)n1. The molecule has 118 valence electrons. The van der Waals surface area contributed by atoms with Crippen LogP contribution in [0.1, 0.15) is 45.0 Å². The van der Waals surface area contributed by atoms with E-state index in [0.29, 0.717) is 5.92 Å². The summed E-state index contributed by atoms with van der Waals surface area (Å²) >= 11 is 0. The van der Waals surface area contributed by atoms with Crippen molar-refractivity contribution >= 4 is 6.03 Å². The number of carbonyl (C=O) groups is 1. The van der Waals surface area contributed by atoms with Gasteiger partial charge >= 0.3 is 6.03 Å². The molecule has 2 heterocycles. The van der Waals surface area contributed by atoms with E-state index in [1.54, 1.807) is 0 Å². The van der Waals surface area contributed by atoms with Crippen LogP contribution in [0.5, 0.6) is 0 Å². The molecule has 1 aromatic rings. The molecule has 0 atom stereocenters. The van der Waals surface area contributed by atoms with Crippen molar-refractivity contribution in [3.05, 3.63) is 17.5 Å². The number of hydrogen-bond acceptors (Lipinski definition) is 2. The normalized spacial score (nSPS) is 17.1. The van der Waals surface area contributed by atoms with Crippen LogP contribution in [0, 0.1) is 19.8 Å². The first-order valence-electron chi connectivity index (χ1n) is 7.83. The minimum Gasteiger partial charge on any atom is -0.333 e. The Labute approximate surface area is 127 Å². The predicted molar refractivity (Wildman–Crippen MR) is 84.3 cm³/mol. The summed E-state index contributed by atoms with van der Waals surface area (Å²) in [5.74, 6) is 0.613. The average molecular weight is 292 g/mol. The highest BCUT2D eigenvalue weighted by Gasteiger charge is 2.25. The Kier molecular flexibility index (Phi) is 4.59. The maximum Gasteiger partial charge on any atom is 0.317 e. The van der Waals surface area contributed by atoms with Crippen molar-refractivity contribution in [2.24, 2.45) is 5.92 Å². The number of likely N-dealkylation sites (tertiary alicyclic amines) is 1. The van der Waals surface area contributed by atoms with Gasteiger partial charge in [-0.3, -0.25) is 4.68 Å². The van der Waals surface area contributed by atoms with Gasteiger partial charge in [0.2, 0.25) is 0 Å². The number of carbonyl (C=O) groups excluding carboxylic acids is 1. The number of urea groups is 1. The molecule has 0 aliphatic carbocycles. The van der Waals surface area contributed by atoms with Crippen LogP contribution in [-0.4, -0.2) is 39.3 Å². The molecule has 1 fully saturated rings. The maximum atomic E-state index is 12.1. The van der Waals surface area contributed by atoms with E-state index in [1.165, 1.54) is 5.69 Å². The third-order valence-electron chi connectivity index (χ3n) is 3.92. The van der Waals surface area contributed by atoms with Crippen LogP contribution >= 0.6 is 0 Å². The van der Waals surface area contributed by atoms with Gasteiger partial charge in [0.1, 0.15) is 0 Å². The summed E-state index contributed by atoms with van der Waals surface area (Å²) in [6.45, 7) is 12.8. The molecule has 1 aliphatic heterocycles. The van der Waals surface area contributed by atoms with Gasteiger partial charge < -0.3 is 10.2 Å². The summed E-state index contributed by atoms with van der Waals surface area (Å²) in [6.07, 6.45) is 2.10. The topological polar surface area (TPSA) is 50.2 Å². The van der Waals surface area contributed by atoms with Gasteiger partial charge in [-0.1, -0.05) is 0 Å². The molecule has 21 heavy (non-hydrogen) atoms. The van der Waals surface area contributed by atoms with Crippen molar-refractivity contribution < 1.29 is 4.79 Å². The van der Waals surface area contributed by atoms with Gasteiger partial charge in [-0.05, 0) is 59.4 Å². The highest BCUT2D eigenvalue weighted by atomic mass is 16.2. The highest BCUT2D eigenvalue weighted by molar-refractivity contribution is 5.75. The number of aromatic nitrogens is 2. The number of nitrogens with one attached hydrogen (secondary N) is 1. The number of nitrogens with zero attached hydrogens (tertiary/aromatic N) is 3. The van der Waals surface area contributed by atoms with Crippen molar-refractivity contribution in [2.75, 3.05) is 13.1 Å². The van der Waals surface area contributed by atoms with Crippen molar-refractivity contribution in [1.29, 1.82) is 0 Å². The molecule has 2 rings (SSSR count). The third kappa shape index (κ3) is 4.48. The first-order valence-corrected chi connectivity index (χ1v) is 7.83. The van der Waals surface area contributed by atoms with Crippen LogP contribution < -0.4 is 5.32 Å². The molecule has 0 radical (unpaired) electrons. The summed E-state index contributed by atoms with van der Waals surface area (Å²) < 4.78 is 2.10. The molecule has 5 heteroatoms. The molecule has 0 aromatic carbocycles. The van der Waals surface area contributed by atoms with Crippen LogP contribution in [-0.2, 0) is 6.54 Å². The molecule has 5 nitrogen and oxygen atoms in total. The van der Waals surface area contributed by atoms with Crippen LogP contribution in [0.3, 0.4) is 0 Å². The van der Waals surface area contributed by atoms with E-state index in [2.05, 4.69) is 28.1 Å². The van der Waals surface area contributed by atoms with E-state index >= 15 is 0 Å². The van der Waals surface area contributed by atoms with Gasteiger partial charge in [-0.15, -0.1) is 0 Å². The molecular weight excluding hydrogens is 264 g/mol. The van der Waals surface area contributed by atoms with E-state index in [9.17, 15) is 4.79 Å². The van der Waals surface area contributed by atoms with Crippen molar-refractivity contribution in [3.63, 3.8) is 0 Å². The molecule has 0 saturated carbocycles. The van der Waals surface area contributed by atoms with Gasteiger partial charge in [0.25, 0.3) is 0 Å². The van der Waals surface area contributed by atoms with Gasteiger partial charge in [0.15, 0.2) is 0 Å². The lowest BCUT2D eigenvalue weighted by molar-refractivity contribution is 0.157. The monoisotopic (exact) mass is 292 g/mol. The lowest BCUT2D eigenvalue weighted by Crippen LogP contribution is -2.50. The Balaban J connectivity index is 1.83. The number of piperidine rings is 1. The average Bonchev–Trinajstić information content (AvgIpc) is 2.66. The Morgan fingerprint density at radius 2 is 1.95 bits per heavy atom. The summed E-state index contributed by atoms with van der Waals surface area (Å²) in [5, 5.41) is 7.57. The number of hydrogen-bond donors (Lipinski definition) is 1. The van der Waals surface area contributed by atoms with E-state index < -0.39 is 0 Å². The van der Waals surface area contributed by atoms with Gasteiger partial charge in [0.05, 0.1) is 5.69 Å². The fourth-order valence-electron chi connectivity index (χ4n) is 2.82. The number of amides is 2. The third-order valence-corrected chi connectivity index (χ3v) is 3.92. The van der Waals surface area contributed by atoms with Crippen molar-refractivity contribution in [2.45, 2.75) is 59.5 Å². The van der Waals surface area contributed by atoms with Crippen molar-refractivity contribution in [3.8, 4) is 0 Å². The standard InChI is InChI=1S/C16H28N4O/c1-12-10-13(2)20(18-12)11-14-6-8-19(9-7-14)15(21)17-16(3,4)5/h10,14H,6-9,11H2,1-5H3,(H,17,21). The molecule has 1 saturated heterocycles. The summed E-state index contributed by atoms with van der Waals surface area (Å²) in [4.78, 5) is 14.1. The molecule has 0 unspecified atom stereocenters. The summed E-state index contributed by atoms with van der Waals surface area (Å²) in [5.41, 5.74) is 2.13. The van der Waals surface area contributed by atoms with Crippen LogP contribution in [0.2, 0.25) is 0 Å². The fourth-order valence-corrected chi connectivity index (χ4v) is 2.82. The second kappa shape index (κ2) is 6.08. The van der Waals surface area contributed by atoms with Gasteiger partial charge in [0, 0.05) is 30.9 Å². The Morgan fingerprint density at radius 1 is 1.33 bits per heavy atom. The zero-order valence-corrected chi connectivity index (χ0v) is 13.9. The molecule has 1 N–H and O–H groups in total. The van der Waals surface area contributed by atoms with Crippen molar-refractivity contribution in [1.82, 2.24) is 20.0 Å². The first kappa shape index (κ1) is 15.9. The first-order chi connectivity index (χ1) is 9.74. The smallest absolute Gasteiger partial charge is 0.317 e. The number of rotatable bonds is 2. The van der Waals surface area contributed by atoms with E-state index in [4.69, 9.17) is 0 Å². The second-order valence-corrected chi connectivity index (χ2v) is 7.22. The largest absolute Gasteiger partial charge is 0.333 e. The lowest BCUT2D eigenvalue weighted by Gasteiger charge is -2.34. The van der Waals surface area contributed by atoms with Gasteiger partial charge in [-0.2, -0.15) is 5.10 Å². The van der Waals surface area contributed by atoms with Crippen LogP contribution in [0.15, 0.2) is 6.07 Å². The zero-order chi connectivity index (χ0) is 15.6. The zero-order valence-electron chi connectivity index (χ0n) is 13.9. The Morgan fingerprint density at radius 3 is 2.43 bits per heavy atom. The molecule has 0 spiro atoms. The highest BCUT2D eigenvalue weighted by Crippen LogP contribution is 2.20. The van der Waals surface area contributed by atoms with E-state index in [-0.39, 0.29) is 11.6 Å². The van der Waals surface area contributed by atoms with Crippen LogP contribution in [0.4, 0.5) is 4.79 Å². The number of aryl methyl sites for hydroxylation is 2. The van der Waals surface area contributed by atoms with E-state index in [0.717, 1.165) is 38.2 Å². The molecule has 1 aliphatic rings. The maximum absolute atomic E-state index is 12.1. The Hall–Kier alpha value is -1.52. The minimum absolute atomic E-state index is 0.0621. The molecular formula is C16H28N4O. The molecule has 2 amide bonds. The molecule has 1 aromatic heterocycles. The molecule has 0 bridgehead atoms. The second-order valence-electron chi connectivity index (χ2n) is 7.22.